The molecule has 1 unspecified atom stereocenters. The predicted molar refractivity (Wildman–Crippen MR) is 81.0 cm³/mol. The zero-order chi connectivity index (χ0) is 14.4. The first kappa shape index (κ1) is 15.3. The average Bonchev–Trinajstić information content (AvgIpc) is 2.44. The van der Waals surface area contributed by atoms with Gasteiger partial charge in [0.1, 0.15) is 0 Å². The largest absolute Gasteiger partial charge is 0.396 e. The number of carbonyl (C=O) groups excluding carboxylic acids is 1. The number of benzene rings is 1. The average molecular weight is 297 g/mol. The Morgan fingerprint density at radius 3 is 2.80 bits per heavy atom. The summed E-state index contributed by atoms with van der Waals surface area (Å²) in [7, 11) is 0. The molecule has 1 aromatic carbocycles. The zero-order valence-electron chi connectivity index (χ0n) is 11.5. The number of piperidine rings is 1. The van der Waals surface area contributed by atoms with Gasteiger partial charge < -0.3 is 10.4 Å². The number of halogens is 1. The SMILES string of the molecule is O=C(CN1CCCCC1CCO)Nc1ccc(Cl)cc1. The highest BCUT2D eigenvalue weighted by atomic mass is 35.5. The molecule has 0 aromatic heterocycles. The first-order chi connectivity index (χ1) is 9.69. The molecule has 110 valence electrons. The third kappa shape index (κ3) is 4.47. The van der Waals surface area contributed by atoms with Crippen LogP contribution in [-0.2, 0) is 4.79 Å². The number of aliphatic hydroxyl groups is 1. The molecule has 0 saturated carbocycles. The van der Waals surface area contributed by atoms with Gasteiger partial charge in [0.2, 0.25) is 5.91 Å². The standard InChI is InChI=1S/C15H21ClN2O2/c16-12-4-6-13(7-5-12)17-15(20)11-18-9-2-1-3-14(18)8-10-19/h4-7,14,19H,1-3,8-11H2,(H,17,20). The van der Waals surface area contributed by atoms with Gasteiger partial charge in [0.25, 0.3) is 0 Å². The van der Waals surface area contributed by atoms with E-state index in [-0.39, 0.29) is 12.5 Å². The summed E-state index contributed by atoms with van der Waals surface area (Å²) >= 11 is 5.81. The molecule has 5 heteroatoms. The maximum Gasteiger partial charge on any atom is 0.238 e. The maximum absolute atomic E-state index is 12.1. The van der Waals surface area contributed by atoms with E-state index in [0.717, 1.165) is 31.5 Å². The third-order valence-corrected chi connectivity index (χ3v) is 3.94. The zero-order valence-corrected chi connectivity index (χ0v) is 12.3. The Balaban J connectivity index is 1.87. The van der Waals surface area contributed by atoms with Crippen LogP contribution in [0.15, 0.2) is 24.3 Å². The number of amides is 1. The second kappa shape index (κ2) is 7.62. The lowest BCUT2D eigenvalue weighted by molar-refractivity contribution is -0.118. The lowest BCUT2D eigenvalue weighted by Crippen LogP contribution is -2.44. The van der Waals surface area contributed by atoms with Crippen LogP contribution in [0.5, 0.6) is 0 Å². The number of nitrogens with one attached hydrogen (secondary N) is 1. The predicted octanol–water partition coefficient (Wildman–Crippen LogP) is 2.52. The maximum atomic E-state index is 12.1. The van der Waals surface area contributed by atoms with E-state index in [2.05, 4.69) is 10.2 Å². The normalized spacial score (nSPS) is 19.8. The number of likely N-dealkylation sites (tertiary alicyclic amines) is 1. The van der Waals surface area contributed by atoms with Crippen LogP contribution in [0.4, 0.5) is 5.69 Å². The lowest BCUT2D eigenvalue weighted by Gasteiger charge is -2.34. The quantitative estimate of drug-likeness (QED) is 0.878. The molecule has 1 fully saturated rings. The fourth-order valence-electron chi connectivity index (χ4n) is 2.66. The molecule has 0 spiro atoms. The van der Waals surface area contributed by atoms with Crippen LogP contribution >= 0.6 is 11.6 Å². The molecule has 1 amide bonds. The number of carbonyl (C=O) groups is 1. The fourth-order valence-corrected chi connectivity index (χ4v) is 2.79. The van der Waals surface area contributed by atoms with E-state index < -0.39 is 0 Å². The van der Waals surface area contributed by atoms with Crippen LogP contribution in [0.1, 0.15) is 25.7 Å². The number of aliphatic hydroxyl groups excluding tert-OH is 1. The summed E-state index contributed by atoms with van der Waals surface area (Å²) in [5.41, 5.74) is 0.759. The number of anilines is 1. The van der Waals surface area contributed by atoms with Gasteiger partial charge in [-0.25, -0.2) is 0 Å². The Hall–Kier alpha value is -1.10. The second-order valence-corrected chi connectivity index (χ2v) is 5.62. The summed E-state index contributed by atoms with van der Waals surface area (Å²) in [6.45, 7) is 1.49. The topological polar surface area (TPSA) is 52.6 Å². The van der Waals surface area contributed by atoms with Gasteiger partial charge >= 0.3 is 0 Å². The van der Waals surface area contributed by atoms with Gasteiger partial charge in [-0.1, -0.05) is 18.0 Å². The van der Waals surface area contributed by atoms with Gasteiger partial charge in [-0.05, 0) is 50.1 Å². The molecule has 1 aliphatic heterocycles. The van der Waals surface area contributed by atoms with Gasteiger partial charge in [-0.2, -0.15) is 0 Å². The van der Waals surface area contributed by atoms with Crippen LogP contribution in [-0.4, -0.2) is 41.7 Å². The van der Waals surface area contributed by atoms with Crippen molar-refractivity contribution in [3.8, 4) is 0 Å². The minimum atomic E-state index is -0.0165. The first-order valence-electron chi connectivity index (χ1n) is 7.09. The van der Waals surface area contributed by atoms with E-state index in [4.69, 9.17) is 16.7 Å². The van der Waals surface area contributed by atoms with E-state index in [0.29, 0.717) is 17.6 Å². The molecule has 1 aliphatic rings. The molecule has 1 aromatic rings. The Morgan fingerprint density at radius 1 is 1.35 bits per heavy atom. The van der Waals surface area contributed by atoms with Gasteiger partial charge in [0, 0.05) is 23.4 Å². The van der Waals surface area contributed by atoms with Crippen molar-refractivity contribution < 1.29 is 9.90 Å². The number of hydrogen-bond acceptors (Lipinski definition) is 3. The van der Waals surface area contributed by atoms with Crippen LogP contribution in [0.3, 0.4) is 0 Å². The van der Waals surface area contributed by atoms with Crippen molar-refractivity contribution in [2.45, 2.75) is 31.7 Å². The van der Waals surface area contributed by atoms with Crippen molar-refractivity contribution in [3.63, 3.8) is 0 Å². The smallest absolute Gasteiger partial charge is 0.238 e. The fraction of sp³-hybridized carbons (Fsp3) is 0.533. The molecule has 1 atom stereocenters. The van der Waals surface area contributed by atoms with Crippen LogP contribution < -0.4 is 5.32 Å². The summed E-state index contributed by atoms with van der Waals surface area (Å²) < 4.78 is 0. The third-order valence-electron chi connectivity index (χ3n) is 3.69. The number of rotatable bonds is 5. The molecule has 0 aliphatic carbocycles. The minimum absolute atomic E-state index is 0.0165. The Kier molecular flexibility index (Phi) is 5.83. The minimum Gasteiger partial charge on any atom is -0.396 e. The van der Waals surface area contributed by atoms with E-state index in [1.807, 2.05) is 0 Å². The molecule has 0 bridgehead atoms. The molecule has 4 nitrogen and oxygen atoms in total. The molecule has 2 N–H and O–H groups in total. The van der Waals surface area contributed by atoms with E-state index in [1.54, 1.807) is 24.3 Å². The number of nitrogens with zero attached hydrogens (tertiary/aromatic N) is 1. The highest BCUT2D eigenvalue weighted by Gasteiger charge is 2.23. The van der Waals surface area contributed by atoms with Gasteiger partial charge in [0.05, 0.1) is 6.54 Å². The van der Waals surface area contributed by atoms with Crippen molar-refractivity contribution in [3.05, 3.63) is 29.3 Å². The second-order valence-electron chi connectivity index (χ2n) is 5.19. The molecular formula is C15H21ClN2O2. The van der Waals surface area contributed by atoms with Crippen LogP contribution in [0, 0.1) is 0 Å². The van der Waals surface area contributed by atoms with Crippen LogP contribution in [0.2, 0.25) is 5.02 Å². The van der Waals surface area contributed by atoms with Crippen molar-refractivity contribution in [2.75, 3.05) is 25.0 Å². The van der Waals surface area contributed by atoms with E-state index >= 15 is 0 Å². The Labute approximate surface area is 124 Å². The summed E-state index contributed by atoms with van der Waals surface area (Å²) in [5, 5.41) is 12.6. The summed E-state index contributed by atoms with van der Waals surface area (Å²) in [6, 6.07) is 7.42. The Bertz CT molecular complexity index is 434. The van der Waals surface area contributed by atoms with Crippen molar-refractivity contribution in [1.82, 2.24) is 4.90 Å². The molecule has 0 radical (unpaired) electrons. The monoisotopic (exact) mass is 296 g/mol. The molecule has 2 rings (SSSR count). The van der Waals surface area contributed by atoms with E-state index in [1.165, 1.54) is 6.42 Å². The highest BCUT2D eigenvalue weighted by molar-refractivity contribution is 6.30. The van der Waals surface area contributed by atoms with Crippen LogP contribution in [0.25, 0.3) is 0 Å². The van der Waals surface area contributed by atoms with Gasteiger partial charge in [-0.15, -0.1) is 0 Å². The van der Waals surface area contributed by atoms with E-state index in [9.17, 15) is 4.79 Å². The van der Waals surface area contributed by atoms with Crippen molar-refractivity contribution in [1.29, 1.82) is 0 Å². The Morgan fingerprint density at radius 2 is 2.10 bits per heavy atom. The first-order valence-corrected chi connectivity index (χ1v) is 7.47. The van der Waals surface area contributed by atoms with Gasteiger partial charge in [0.15, 0.2) is 0 Å². The molecular weight excluding hydrogens is 276 g/mol. The molecule has 1 heterocycles. The van der Waals surface area contributed by atoms with Gasteiger partial charge in [-0.3, -0.25) is 9.69 Å². The molecule has 1 saturated heterocycles. The summed E-state index contributed by atoms with van der Waals surface area (Å²) in [6.07, 6.45) is 4.11. The lowest BCUT2D eigenvalue weighted by atomic mass is 10.00. The van der Waals surface area contributed by atoms with Crippen molar-refractivity contribution >= 4 is 23.2 Å². The highest BCUT2D eigenvalue weighted by Crippen LogP contribution is 2.19. The molecule has 20 heavy (non-hydrogen) atoms. The summed E-state index contributed by atoms with van der Waals surface area (Å²) in [5.74, 6) is -0.0165. The summed E-state index contributed by atoms with van der Waals surface area (Å²) in [4.78, 5) is 14.2. The van der Waals surface area contributed by atoms with Crippen molar-refractivity contribution in [2.24, 2.45) is 0 Å². The number of hydrogen-bond donors (Lipinski definition) is 2.